The van der Waals surface area contributed by atoms with Gasteiger partial charge in [0.2, 0.25) is 5.43 Å². The molecule has 84 valence electrons. The summed E-state index contributed by atoms with van der Waals surface area (Å²) < 4.78 is 5.82. The van der Waals surface area contributed by atoms with Crippen LogP contribution >= 0.6 is 15.9 Å². The van der Waals surface area contributed by atoms with Gasteiger partial charge in [0.15, 0.2) is 0 Å². The number of hydrogen-bond acceptors (Lipinski definition) is 2. The van der Waals surface area contributed by atoms with Gasteiger partial charge in [0.05, 0.1) is 10.8 Å². The molecule has 0 aliphatic rings. The number of halogens is 1. The Bertz CT molecular complexity index is 759. The van der Waals surface area contributed by atoms with Crippen molar-refractivity contribution in [3.63, 3.8) is 0 Å². The lowest BCUT2D eigenvalue weighted by atomic mass is 10.1. The third-order valence-corrected chi connectivity index (χ3v) is 3.43. The Labute approximate surface area is 106 Å². The predicted molar refractivity (Wildman–Crippen MR) is 72.6 cm³/mol. The molecule has 0 bridgehead atoms. The number of rotatable bonds is 1. The maximum atomic E-state index is 12.3. The molecule has 1 heterocycles. The second kappa shape index (κ2) is 4.00. The lowest BCUT2D eigenvalue weighted by Gasteiger charge is -2.04. The van der Waals surface area contributed by atoms with E-state index >= 15 is 0 Å². The molecule has 0 fully saturated rings. The Morgan fingerprint density at radius 2 is 1.76 bits per heavy atom. The molecule has 3 heteroatoms. The second-order valence-corrected chi connectivity index (χ2v) is 4.42. The summed E-state index contributed by atoms with van der Waals surface area (Å²) in [6.45, 7) is 0. The van der Waals surface area contributed by atoms with E-state index in [-0.39, 0.29) is 5.43 Å². The fourth-order valence-corrected chi connectivity index (χ4v) is 2.43. The van der Waals surface area contributed by atoms with Crippen LogP contribution < -0.4 is 5.43 Å². The molecule has 0 saturated heterocycles. The van der Waals surface area contributed by atoms with Gasteiger partial charge in [-0.25, -0.2) is 0 Å². The number of alkyl halides is 1. The highest BCUT2D eigenvalue weighted by atomic mass is 79.9. The van der Waals surface area contributed by atoms with E-state index in [4.69, 9.17) is 4.42 Å². The molecule has 0 aliphatic carbocycles. The molecule has 2 nitrogen and oxygen atoms in total. The van der Waals surface area contributed by atoms with Crippen LogP contribution in [0.2, 0.25) is 0 Å². The summed E-state index contributed by atoms with van der Waals surface area (Å²) in [5.74, 6) is 0. The van der Waals surface area contributed by atoms with Crippen molar-refractivity contribution in [1.29, 1.82) is 0 Å². The van der Waals surface area contributed by atoms with Crippen molar-refractivity contribution in [3.05, 3.63) is 58.3 Å². The molecule has 3 aromatic rings. The van der Waals surface area contributed by atoms with E-state index in [0.717, 1.165) is 5.56 Å². The van der Waals surface area contributed by atoms with E-state index < -0.39 is 0 Å². The molecule has 0 N–H and O–H groups in total. The molecule has 0 spiro atoms. The van der Waals surface area contributed by atoms with E-state index in [2.05, 4.69) is 15.9 Å². The highest BCUT2D eigenvalue weighted by Gasteiger charge is 2.09. The minimum absolute atomic E-state index is 0.0321. The quantitative estimate of drug-likeness (QED) is 0.503. The third-order valence-electron chi connectivity index (χ3n) is 2.83. The van der Waals surface area contributed by atoms with Crippen molar-refractivity contribution >= 4 is 37.9 Å². The van der Waals surface area contributed by atoms with Crippen LogP contribution in [0.5, 0.6) is 0 Å². The molecule has 0 aliphatic heterocycles. The Balaban J connectivity index is 2.59. The first kappa shape index (κ1) is 10.5. The summed E-state index contributed by atoms with van der Waals surface area (Å²) in [7, 11) is 0. The van der Waals surface area contributed by atoms with Crippen molar-refractivity contribution in [1.82, 2.24) is 0 Å². The van der Waals surface area contributed by atoms with E-state index in [0.29, 0.717) is 27.3 Å². The summed E-state index contributed by atoms with van der Waals surface area (Å²) in [4.78, 5) is 12.3. The Hall–Kier alpha value is -1.61. The molecule has 17 heavy (non-hydrogen) atoms. The number of benzene rings is 2. The van der Waals surface area contributed by atoms with Gasteiger partial charge in [-0.15, -0.1) is 0 Å². The van der Waals surface area contributed by atoms with Crippen molar-refractivity contribution in [2.75, 3.05) is 0 Å². The van der Waals surface area contributed by atoms with Crippen LogP contribution in [0.3, 0.4) is 0 Å². The van der Waals surface area contributed by atoms with Crippen LogP contribution in [0.25, 0.3) is 21.9 Å². The molecule has 0 radical (unpaired) electrons. The molecule has 0 unspecified atom stereocenters. The summed E-state index contributed by atoms with van der Waals surface area (Å²) in [6, 6.07) is 13.0. The van der Waals surface area contributed by atoms with Crippen LogP contribution in [-0.2, 0) is 5.33 Å². The van der Waals surface area contributed by atoms with Crippen LogP contribution in [0, 0.1) is 0 Å². The zero-order valence-corrected chi connectivity index (χ0v) is 10.5. The first-order valence-corrected chi connectivity index (χ1v) is 6.43. The molecule has 0 atom stereocenters. The fourth-order valence-electron chi connectivity index (χ4n) is 1.99. The zero-order valence-electron chi connectivity index (χ0n) is 8.94. The summed E-state index contributed by atoms with van der Waals surface area (Å²) in [6.07, 6.45) is 0. The average molecular weight is 289 g/mol. The normalized spacial score (nSPS) is 11.1. The van der Waals surface area contributed by atoms with E-state index in [1.54, 1.807) is 12.1 Å². The van der Waals surface area contributed by atoms with Gasteiger partial charge in [-0.1, -0.05) is 40.2 Å². The van der Waals surface area contributed by atoms with Crippen molar-refractivity contribution in [3.8, 4) is 0 Å². The SMILES string of the molecule is O=c1c2ccccc2oc2c(CBr)cccc12. The largest absolute Gasteiger partial charge is 0.455 e. The molecule has 0 amide bonds. The summed E-state index contributed by atoms with van der Waals surface area (Å²) in [5, 5.41) is 1.94. The molecular formula is C14H9BrO2. The maximum Gasteiger partial charge on any atom is 0.200 e. The average Bonchev–Trinajstić information content (AvgIpc) is 2.38. The van der Waals surface area contributed by atoms with Gasteiger partial charge in [-0.3, -0.25) is 4.79 Å². The van der Waals surface area contributed by atoms with Gasteiger partial charge in [0.1, 0.15) is 11.2 Å². The van der Waals surface area contributed by atoms with Gasteiger partial charge < -0.3 is 4.42 Å². The zero-order chi connectivity index (χ0) is 11.8. The lowest BCUT2D eigenvalue weighted by Crippen LogP contribution is -2.02. The van der Waals surface area contributed by atoms with Crippen LogP contribution in [0.15, 0.2) is 51.7 Å². The predicted octanol–water partition coefficient (Wildman–Crippen LogP) is 3.84. The first-order valence-electron chi connectivity index (χ1n) is 5.30. The summed E-state index contributed by atoms with van der Waals surface area (Å²) >= 11 is 3.41. The van der Waals surface area contributed by atoms with Gasteiger partial charge in [-0.2, -0.15) is 0 Å². The molecule has 2 aromatic carbocycles. The lowest BCUT2D eigenvalue weighted by molar-refractivity contribution is 0.656. The number of para-hydroxylation sites is 2. The molecule has 3 rings (SSSR count). The van der Waals surface area contributed by atoms with Gasteiger partial charge in [-0.05, 0) is 18.2 Å². The minimum atomic E-state index is 0.0321. The topological polar surface area (TPSA) is 30.2 Å². The first-order chi connectivity index (χ1) is 8.31. The minimum Gasteiger partial charge on any atom is -0.455 e. The van der Waals surface area contributed by atoms with Crippen molar-refractivity contribution < 1.29 is 4.42 Å². The van der Waals surface area contributed by atoms with Crippen LogP contribution in [0.4, 0.5) is 0 Å². The highest BCUT2D eigenvalue weighted by molar-refractivity contribution is 9.08. The third kappa shape index (κ3) is 1.58. The van der Waals surface area contributed by atoms with E-state index in [1.807, 2.05) is 30.3 Å². The Kier molecular flexibility index (Phi) is 2.48. The van der Waals surface area contributed by atoms with E-state index in [9.17, 15) is 4.79 Å². The summed E-state index contributed by atoms with van der Waals surface area (Å²) in [5.41, 5.74) is 2.33. The van der Waals surface area contributed by atoms with Gasteiger partial charge in [0.25, 0.3) is 0 Å². The monoisotopic (exact) mass is 288 g/mol. The number of fused-ring (bicyclic) bond motifs is 2. The smallest absolute Gasteiger partial charge is 0.200 e. The fraction of sp³-hybridized carbons (Fsp3) is 0.0714. The van der Waals surface area contributed by atoms with E-state index in [1.165, 1.54) is 0 Å². The number of hydrogen-bond donors (Lipinski definition) is 0. The van der Waals surface area contributed by atoms with Gasteiger partial charge >= 0.3 is 0 Å². The van der Waals surface area contributed by atoms with Gasteiger partial charge in [0, 0.05) is 10.9 Å². The Morgan fingerprint density at radius 3 is 2.59 bits per heavy atom. The standard InChI is InChI=1S/C14H9BrO2/c15-8-9-4-3-6-11-13(16)10-5-1-2-7-12(10)17-14(9)11/h1-7H,8H2. The molecular weight excluding hydrogens is 280 g/mol. The van der Waals surface area contributed by atoms with Crippen molar-refractivity contribution in [2.45, 2.75) is 5.33 Å². The maximum absolute atomic E-state index is 12.3. The van der Waals surface area contributed by atoms with Crippen LogP contribution in [0.1, 0.15) is 5.56 Å². The Morgan fingerprint density at radius 1 is 1.00 bits per heavy atom. The molecule has 1 aromatic heterocycles. The van der Waals surface area contributed by atoms with Crippen molar-refractivity contribution in [2.24, 2.45) is 0 Å². The van der Waals surface area contributed by atoms with Crippen LogP contribution in [-0.4, -0.2) is 0 Å². The highest BCUT2D eigenvalue weighted by Crippen LogP contribution is 2.22. The second-order valence-electron chi connectivity index (χ2n) is 3.85. The molecule has 0 saturated carbocycles.